The Morgan fingerprint density at radius 2 is 1.90 bits per heavy atom. The van der Waals surface area contributed by atoms with Gasteiger partial charge in [-0.25, -0.2) is 0 Å². The average molecular weight is 297 g/mol. The molecule has 1 atom stereocenters. The van der Waals surface area contributed by atoms with Crippen LogP contribution in [0.1, 0.15) is 46.0 Å². The number of nitrogens with one attached hydrogen (secondary N) is 1. The van der Waals surface area contributed by atoms with Crippen molar-refractivity contribution in [2.45, 2.75) is 57.5 Å². The molecule has 2 rings (SSSR count). The number of hydrogen-bond donors (Lipinski definition) is 2. The van der Waals surface area contributed by atoms with E-state index < -0.39 is 11.5 Å². The molecule has 1 heterocycles. The maximum absolute atomic E-state index is 11.3. The third-order valence-electron chi connectivity index (χ3n) is 4.91. The van der Waals surface area contributed by atoms with E-state index in [1.54, 1.807) is 6.92 Å². The largest absolute Gasteiger partial charge is 0.480 e. The SMILES string of the molecule is CCNC(C)(CCCCN1CCN(C2CC2)CC1)C(=O)O. The van der Waals surface area contributed by atoms with Crippen LogP contribution < -0.4 is 5.32 Å². The second kappa shape index (κ2) is 7.56. The Balaban J connectivity index is 1.59. The van der Waals surface area contributed by atoms with Crippen LogP contribution in [0, 0.1) is 0 Å². The minimum atomic E-state index is -0.764. The summed E-state index contributed by atoms with van der Waals surface area (Å²) in [5, 5.41) is 12.4. The molecule has 2 fully saturated rings. The zero-order valence-electron chi connectivity index (χ0n) is 13.6. The van der Waals surface area contributed by atoms with Crippen LogP contribution in [0.2, 0.25) is 0 Å². The van der Waals surface area contributed by atoms with Gasteiger partial charge in [0.15, 0.2) is 0 Å². The Labute approximate surface area is 128 Å². The summed E-state index contributed by atoms with van der Waals surface area (Å²) >= 11 is 0. The van der Waals surface area contributed by atoms with Crippen molar-refractivity contribution in [2.75, 3.05) is 39.3 Å². The number of hydrogen-bond acceptors (Lipinski definition) is 4. The number of carboxylic acid groups (broad SMARTS) is 1. The van der Waals surface area contributed by atoms with E-state index in [1.165, 1.54) is 39.0 Å². The fourth-order valence-corrected chi connectivity index (χ4v) is 3.27. The molecule has 1 unspecified atom stereocenters. The maximum Gasteiger partial charge on any atom is 0.323 e. The molecule has 1 saturated heterocycles. The van der Waals surface area contributed by atoms with E-state index in [4.69, 9.17) is 0 Å². The molecule has 0 bridgehead atoms. The smallest absolute Gasteiger partial charge is 0.323 e. The summed E-state index contributed by atoms with van der Waals surface area (Å²) in [7, 11) is 0. The van der Waals surface area contributed by atoms with Gasteiger partial charge < -0.3 is 15.3 Å². The van der Waals surface area contributed by atoms with Crippen molar-refractivity contribution in [1.29, 1.82) is 0 Å². The number of carboxylic acids is 1. The molecule has 0 aromatic carbocycles. The third-order valence-corrected chi connectivity index (χ3v) is 4.91. The molecular weight excluding hydrogens is 266 g/mol. The molecule has 0 aromatic rings. The van der Waals surface area contributed by atoms with Crippen LogP contribution in [0.25, 0.3) is 0 Å². The summed E-state index contributed by atoms with van der Waals surface area (Å²) in [5.41, 5.74) is -0.764. The normalized spacial score (nSPS) is 23.9. The fraction of sp³-hybridized carbons (Fsp3) is 0.938. The van der Waals surface area contributed by atoms with Crippen LogP contribution in [-0.4, -0.2) is 71.7 Å². The van der Waals surface area contributed by atoms with Crippen LogP contribution >= 0.6 is 0 Å². The van der Waals surface area contributed by atoms with Gasteiger partial charge in [0, 0.05) is 32.2 Å². The number of piperazine rings is 1. The molecule has 0 aromatic heterocycles. The molecular formula is C16H31N3O2. The number of rotatable bonds is 9. The Morgan fingerprint density at radius 3 is 2.43 bits per heavy atom. The average Bonchev–Trinajstić information content (AvgIpc) is 3.29. The summed E-state index contributed by atoms with van der Waals surface area (Å²) in [6, 6.07) is 0.892. The van der Waals surface area contributed by atoms with E-state index in [9.17, 15) is 9.90 Å². The maximum atomic E-state index is 11.3. The van der Waals surface area contributed by atoms with E-state index in [2.05, 4.69) is 15.1 Å². The molecule has 5 nitrogen and oxygen atoms in total. The van der Waals surface area contributed by atoms with Crippen LogP contribution in [0.4, 0.5) is 0 Å². The Hall–Kier alpha value is -0.650. The zero-order chi connectivity index (χ0) is 15.3. The highest BCUT2D eigenvalue weighted by atomic mass is 16.4. The van der Waals surface area contributed by atoms with E-state index in [-0.39, 0.29) is 0 Å². The molecule has 0 spiro atoms. The Morgan fingerprint density at radius 1 is 1.24 bits per heavy atom. The van der Waals surface area contributed by atoms with Gasteiger partial charge in [-0.05, 0) is 52.1 Å². The first-order valence-corrected chi connectivity index (χ1v) is 8.50. The van der Waals surface area contributed by atoms with Gasteiger partial charge in [0.1, 0.15) is 5.54 Å². The van der Waals surface area contributed by atoms with Gasteiger partial charge in [0.05, 0.1) is 0 Å². The van der Waals surface area contributed by atoms with Crippen LogP contribution in [0.3, 0.4) is 0 Å². The standard InChI is InChI=1S/C16H31N3O2/c1-3-17-16(2,15(20)21)8-4-5-9-18-10-12-19(13-11-18)14-6-7-14/h14,17H,3-13H2,1-2H3,(H,20,21). The van der Waals surface area contributed by atoms with Gasteiger partial charge in [-0.2, -0.15) is 0 Å². The number of aliphatic carboxylic acids is 1. The Bertz CT molecular complexity index is 338. The van der Waals surface area contributed by atoms with Gasteiger partial charge in [0.25, 0.3) is 0 Å². The van der Waals surface area contributed by atoms with E-state index in [1.807, 2.05) is 6.92 Å². The lowest BCUT2D eigenvalue weighted by atomic mass is 9.95. The lowest BCUT2D eigenvalue weighted by Gasteiger charge is -2.35. The van der Waals surface area contributed by atoms with Gasteiger partial charge in [-0.3, -0.25) is 9.69 Å². The van der Waals surface area contributed by atoms with Crippen molar-refractivity contribution in [3.8, 4) is 0 Å². The first-order valence-electron chi connectivity index (χ1n) is 8.50. The first kappa shape index (κ1) is 16.7. The predicted octanol–water partition coefficient (Wildman–Crippen LogP) is 1.39. The molecule has 21 heavy (non-hydrogen) atoms. The highest BCUT2D eigenvalue weighted by molar-refractivity contribution is 5.78. The van der Waals surface area contributed by atoms with Crippen molar-refractivity contribution in [2.24, 2.45) is 0 Å². The quantitative estimate of drug-likeness (QED) is 0.630. The fourth-order valence-electron chi connectivity index (χ4n) is 3.27. The summed E-state index contributed by atoms with van der Waals surface area (Å²) in [5.74, 6) is -0.734. The van der Waals surface area contributed by atoms with Crippen LogP contribution in [0.5, 0.6) is 0 Å². The van der Waals surface area contributed by atoms with Crippen molar-refractivity contribution >= 4 is 5.97 Å². The van der Waals surface area contributed by atoms with Crippen molar-refractivity contribution in [3.05, 3.63) is 0 Å². The summed E-state index contributed by atoms with van der Waals surface area (Å²) in [4.78, 5) is 16.5. The lowest BCUT2D eigenvalue weighted by Crippen LogP contribution is -2.49. The van der Waals surface area contributed by atoms with E-state index in [0.717, 1.165) is 25.4 Å². The van der Waals surface area contributed by atoms with Crippen LogP contribution in [0.15, 0.2) is 0 Å². The zero-order valence-corrected chi connectivity index (χ0v) is 13.6. The second-order valence-electron chi connectivity index (χ2n) is 6.73. The van der Waals surface area contributed by atoms with Gasteiger partial charge in [-0.1, -0.05) is 6.92 Å². The van der Waals surface area contributed by atoms with Crippen molar-refractivity contribution in [1.82, 2.24) is 15.1 Å². The van der Waals surface area contributed by atoms with Crippen LogP contribution in [-0.2, 0) is 4.79 Å². The minimum Gasteiger partial charge on any atom is -0.480 e. The van der Waals surface area contributed by atoms with E-state index >= 15 is 0 Å². The first-order chi connectivity index (χ1) is 10.0. The predicted molar refractivity (Wildman–Crippen MR) is 84.6 cm³/mol. The van der Waals surface area contributed by atoms with Gasteiger partial charge >= 0.3 is 5.97 Å². The topological polar surface area (TPSA) is 55.8 Å². The molecule has 1 aliphatic carbocycles. The van der Waals surface area contributed by atoms with Gasteiger partial charge in [0.2, 0.25) is 0 Å². The minimum absolute atomic E-state index is 0.700. The number of likely N-dealkylation sites (N-methyl/N-ethyl adjacent to an activating group) is 1. The van der Waals surface area contributed by atoms with Crippen molar-refractivity contribution in [3.63, 3.8) is 0 Å². The monoisotopic (exact) mass is 297 g/mol. The van der Waals surface area contributed by atoms with E-state index in [0.29, 0.717) is 13.0 Å². The summed E-state index contributed by atoms with van der Waals surface area (Å²) in [6.07, 6.45) is 5.57. The summed E-state index contributed by atoms with van der Waals surface area (Å²) < 4.78 is 0. The molecule has 0 radical (unpaired) electrons. The molecule has 2 N–H and O–H groups in total. The molecule has 5 heteroatoms. The second-order valence-corrected chi connectivity index (χ2v) is 6.73. The third kappa shape index (κ3) is 4.94. The highest BCUT2D eigenvalue weighted by Gasteiger charge is 2.32. The molecule has 1 saturated carbocycles. The molecule has 1 aliphatic heterocycles. The molecule has 2 aliphatic rings. The highest BCUT2D eigenvalue weighted by Crippen LogP contribution is 2.27. The molecule has 122 valence electrons. The number of nitrogens with zero attached hydrogens (tertiary/aromatic N) is 2. The Kier molecular flexibility index (Phi) is 6.02. The molecule has 0 amide bonds. The summed E-state index contributed by atoms with van der Waals surface area (Å²) in [6.45, 7) is 10.4. The lowest BCUT2D eigenvalue weighted by molar-refractivity contribution is -0.144. The van der Waals surface area contributed by atoms with Gasteiger partial charge in [-0.15, -0.1) is 0 Å². The number of carbonyl (C=O) groups is 1. The van der Waals surface area contributed by atoms with Crippen molar-refractivity contribution < 1.29 is 9.90 Å². The number of unbranched alkanes of at least 4 members (excludes halogenated alkanes) is 1.